The van der Waals surface area contributed by atoms with Gasteiger partial charge in [-0.25, -0.2) is 0 Å². The summed E-state index contributed by atoms with van der Waals surface area (Å²) >= 11 is 3.57. The van der Waals surface area contributed by atoms with Crippen LogP contribution < -0.4 is 11.1 Å². The fourth-order valence-electron chi connectivity index (χ4n) is 1.57. The van der Waals surface area contributed by atoms with Crippen molar-refractivity contribution in [3.8, 4) is 0 Å². The molecule has 0 atom stereocenters. The predicted molar refractivity (Wildman–Crippen MR) is 78.8 cm³/mol. The highest BCUT2D eigenvalue weighted by molar-refractivity contribution is 7.98. The maximum absolute atomic E-state index is 5.73. The van der Waals surface area contributed by atoms with Gasteiger partial charge in [0.15, 0.2) is 0 Å². The molecule has 0 aliphatic carbocycles. The molecule has 0 amide bonds. The van der Waals surface area contributed by atoms with Crippen molar-refractivity contribution in [2.24, 2.45) is 5.73 Å². The second kappa shape index (κ2) is 7.63. The quantitative estimate of drug-likeness (QED) is 0.731. The van der Waals surface area contributed by atoms with Crippen LogP contribution in [0.1, 0.15) is 16.4 Å². The van der Waals surface area contributed by atoms with Crippen molar-refractivity contribution in [1.29, 1.82) is 0 Å². The summed E-state index contributed by atoms with van der Waals surface area (Å²) in [5.74, 6) is 3.91. The Kier molecular flexibility index (Phi) is 5.80. The third-order valence-electron chi connectivity index (χ3n) is 2.40. The zero-order chi connectivity index (χ0) is 12.6. The first-order chi connectivity index (χ1) is 8.88. The highest BCUT2D eigenvalue weighted by atomic mass is 32.2. The first kappa shape index (κ1) is 13.7. The Morgan fingerprint density at radius 3 is 2.89 bits per heavy atom. The fraction of sp³-hybridized carbons (Fsp3) is 0.385. The lowest BCUT2D eigenvalue weighted by Crippen LogP contribution is -2.10. The van der Waals surface area contributed by atoms with Crippen LogP contribution in [-0.2, 0) is 18.8 Å². The Bertz CT molecular complexity index is 440. The summed E-state index contributed by atoms with van der Waals surface area (Å²) in [5.41, 5.74) is 5.45. The molecule has 98 valence electrons. The van der Waals surface area contributed by atoms with E-state index in [9.17, 15) is 0 Å². The lowest BCUT2D eigenvalue weighted by atomic mass is 10.4. The highest BCUT2D eigenvalue weighted by Gasteiger charge is 2.02. The van der Waals surface area contributed by atoms with Gasteiger partial charge in [-0.15, -0.1) is 11.3 Å². The van der Waals surface area contributed by atoms with Gasteiger partial charge in [0.2, 0.25) is 0 Å². The number of rotatable bonds is 8. The minimum atomic E-state index is 0.723. The number of nitrogens with one attached hydrogen (secondary N) is 1. The van der Waals surface area contributed by atoms with Crippen molar-refractivity contribution in [3.05, 3.63) is 46.0 Å². The van der Waals surface area contributed by atoms with E-state index in [1.54, 1.807) is 23.1 Å². The van der Waals surface area contributed by atoms with Gasteiger partial charge in [-0.1, -0.05) is 6.07 Å². The van der Waals surface area contributed by atoms with E-state index in [4.69, 9.17) is 10.2 Å². The molecule has 2 aromatic heterocycles. The standard InChI is InChI=1S/C13H18N2OS2/c14-5-7-17-10-12-4-3-11(16-12)8-15-9-13-2-1-6-18-13/h1-4,6,15H,5,7-10,14H2. The van der Waals surface area contributed by atoms with Crippen LogP contribution in [-0.4, -0.2) is 12.3 Å². The number of hydrogen-bond acceptors (Lipinski definition) is 5. The summed E-state index contributed by atoms with van der Waals surface area (Å²) in [5, 5.41) is 5.47. The molecule has 0 aliphatic heterocycles. The highest BCUT2D eigenvalue weighted by Crippen LogP contribution is 2.15. The maximum atomic E-state index is 5.73. The van der Waals surface area contributed by atoms with E-state index < -0.39 is 0 Å². The van der Waals surface area contributed by atoms with Crippen LogP contribution in [0.2, 0.25) is 0 Å². The summed E-state index contributed by atoms with van der Waals surface area (Å²) in [6.07, 6.45) is 0. The van der Waals surface area contributed by atoms with Gasteiger partial charge >= 0.3 is 0 Å². The van der Waals surface area contributed by atoms with Gasteiger partial charge in [-0.3, -0.25) is 0 Å². The Balaban J connectivity index is 1.69. The molecule has 2 aromatic rings. The van der Waals surface area contributed by atoms with Crippen LogP contribution >= 0.6 is 23.1 Å². The molecule has 0 fully saturated rings. The van der Waals surface area contributed by atoms with Crippen LogP contribution in [0, 0.1) is 0 Å². The molecule has 0 saturated carbocycles. The van der Waals surface area contributed by atoms with E-state index in [2.05, 4.69) is 22.8 Å². The summed E-state index contributed by atoms with van der Waals surface area (Å²) in [4.78, 5) is 1.35. The molecule has 3 N–H and O–H groups in total. The second-order valence-electron chi connectivity index (χ2n) is 3.89. The number of nitrogens with two attached hydrogens (primary N) is 1. The van der Waals surface area contributed by atoms with E-state index in [1.165, 1.54) is 4.88 Å². The van der Waals surface area contributed by atoms with Gasteiger partial charge in [0.05, 0.1) is 12.3 Å². The fourth-order valence-corrected chi connectivity index (χ4v) is 2.91. The van der Waals surface area contributed by atoms with E-state index in [-0.39, 0.29) is 0 Å². The van der Waals surface area contributed by atoms with Crippen LogP contribution in [0.15, 0.2) is 34.1 Å². The number of furan rings is 1. The monoisotopic (exact) mass is 282 g/mol. The van der Waals surface area contributed by atoms with Crippen LogP contribution in [0.25, 0.3) is 0 Å². The maximum Gasteiger partial charge on any atom is 0.118 e. The smallest absolute Gasteiger partial charge is 0.118 e. The van der Waals surface area contributed by atoms with Crippen LogP contribution in [0.3, 0.4) is 0 Å². The van der Waals surface area contributed by atoms with Crippen molar-refractivity contribution in [2.45, 2.75) is 18.8 Å². The minimum Gasteiger partial charge on any atom is -0.464 e. The van der Waals surface area contributed by atoms with E-state index in [1.807, 2.05) is 12.1 Å². The molecule has 2 rings (SSSR count). The van der Waals surface area contributed by atoms with Crippen molar-refractivity contribution in [3.63, 3.8) is 0 Å². The van der Waals surface area contributed by atoms with E-state index >= 15 is 0 Å². The molecular formula is C13H18N2OS2. The number of thiophene rings is 1. The molecule has 0 saturated heterocycles. The molecule has 2 heterocycles. The molecule has 0 aliphatic rings. The van der Waals surface area contributed by atoms with Crippen LogP contribution in [0.4, 0.5) is 0 Å². The van der Waals surface area contributed by atoms with Crippen molar-refractivity contribution in [1.82, 2.24) is 5.32 Å². The lowest BCUT2D eigenvalue weighted by molar-refractivity contribution is 0.460. The molecule has 0 aromatic carbocycles. The molecule has 0 bridgehead atoms. The van der Waals surface area contributed by atoms with Gasteiger partial charge < -0.3 is 15.5 Å². The Hall–Kier alpha value is -0.750. The normalized spacial score (nSPS) is 10.9. The minimum absolute atomic E-state index is 0.723. The number of thioether (sulfide) groups is 1. The summed E-state index contributed by atoms with van der Waals surface area (Å²) < 4.78 is 5.73. The lowest BCUT2D eigenvalue weighted by Gasteiger charge is -2.00. The molecule has 5 heteroatoms. The third-order valence-corrected chi connectivity index (χ3v) is 4.29. The van der Waals surface area contributed by atoms with Gasteiger partial charge in [-0.2, -0.15) is 11.8 Å². The van der Waals surface area contributed by atoms with Gasteiger partial charge in [-0.05, 0) is 23.6 Å². The topological polar surface area (TPSA) is 51.2 Å². The van der Waals surface area contributed by atoms with Crippen molar-refractivity contribution in [2.75, 3.05) is 12.3 Å². The average molecular weight is 282 g/mol. The summed E-state index contributed by atoms with van der Waals surface area (Å²) in [6, 6.07) is 8.29. The van der Waals surface area contributed by atoms with E-state index in [0.717, 1.165) is 42.7 Å². The molecular weight excluding hydrogens is 264 g/mol. The Morgan fingerprint density at radius 2 is 2.11 bits per heavy atom. The summed E-state index contributed by atoms with van der Waals surface area (Å²) in [6.45, 7) is 2.40. The van der Waals surface area contributed by atoms with Gasteiger partial charge in [0.25, 0.3) is 0 Å². The molecule has 0 radical (unpaired) electrons. The zero-order valence-electron chi connectivity index (χ0n) is 10.2. The Labute approximate surface area is 116 Å². The Morgan fingerprint density at radius 1 is 1.22 bits per heavy atom. The van der Waals surface area contributed by atoms with Gasteiger partial charge in [0.1, 0.15) is 11.5 Å². The average Bonchev–Trinajstić information content (AvgIpc) is 3.01. The molecule has 18 heavy (non-hydrogen) atoms. The number of hydrogen-bond donors (Lipinski definition) is 2. The largest absolute Gasteiger partial charge is 0.464 e. The first-order valence-corrected chi connectivity index (χ1v) is 8.00. The zero-order valence-corrected chi connectivity index (χ0v) is 11.9. The molecule has 0 spiro atoms. The van der Waals surface area contributed by atoms with Crippen molar-refractivity contribution < 1.29 is 4.42 Å². The van der Waals surface area contributed by atoms with Crippen LogP contribution in [0.5, 0.6) is 0 Å². The SMILES string of the molecule is NCCSCc1ccc(CNCc2cccs2)o1. The predicted octanol–water partition coefficient (Wildman–Crippen LogP) is 2.82. The molecule has 3 nitrogen and oxygen atoms in total. The molecule has 0 unspecified atom stereocenters. The second-order valence-corrected chi connectivity index (χ2v) is 6.03. The first-order valence-electron chi connectivity index (χ1n) is 5.97. The van der Waals surface area contributed by atoms with Gasteiger partial charge in [0, 0.05) is 23.7 Å². The summed E-state index contributed by atoms with van der Waals surface area (Å²) in [7, 11) is 0. The van der Waals surface area contributed by atoms with Crippen molar-refractivity contribution >= 4 is 23.1 Å². The van der Waals surface area contributed by atoms with E-state index in [0.29, 0.717) is 0 Å². The third kappa shape index (κ3) is 4.49.